The predicted molar refractivity (Wildman–Crippen MR) is 106 cm³/mol. The van der Waals surface area contributed by atoms with Crippen LogP contribution in [0.15, 0.2) is 23.8 Å². The van der Waals surface area contributed by atoms with Crippen molar-refractivity contribution in [3.63, 3.8) is 0 Å². The lowest BCUT2D eigenvalue weighted by molar-refractivity contribution is -0.220. The first-order valence-electron chi connectivity index (χ1n) is 10.7. The Kier molecular flexibility index (Phi) is 4.89. The van der Waals surface area contributed by atoms with Gasteiger partial charge in [-0.05, 0) is 50.7 Å². The van der Waals surface area contributed by atoms with Crippen LogP contribution in [0.1, 0.15) is 39.5 Å². The number of rotatable bonds is 3. The van der Waals surface area contributed by atoms with Crippen LogP contribution in [0.25, 0.3) is 0 Å². The van der Waals surface area contributed by atoms with Gasteiger partial charge in [0, 0.05) is 16.7 Å². The average molecular weight is 436 g/mol. The smallest absolute Gasteiger partial charge is 0.312 e. The standard InChI is InChI=1S/C23H29FO7/c1-20-7-6-13(26)8-12(20)4-5-14-15-9-16(19(29)31-3)23(30,18(28)11-25)21(15,2)10-17(27)22(14,20)24/h6-8,14-17,25,27,30H,4-5,9-11H2,1-3H3/t14-,15-,16-,17-,20-,21-,22-,23-/m0/s1. The lowest BCUT2D eigenvalue weighted by Crippen LogP contribution is -2.69. The van der Waals surface area contributed by atoms with Gasteiger partial charge in [-0.2, -0.15) is 0 Å². The number of aliphatic hydroxyl groups excluding tert-OH is 2. The van der Waals surface area contributed by atoms with E-state index in [0.717, 1.165) is 7.11 Å². The summed E-state index contributed by atoms with van der Waals surface area (Å²) in [4.78, 5) is 37.2. The zero-order valence-corrected chi connectivity index (χ0v) is 17.9. The number of esters is 1. The minimum Gasteiger partial charge on any atom is -0.469 e. The van der Waals surface area contributed by atoms with E-state index in [1.165, 1.54) is 18.2 Å². The number of alkyl halides is 1. The van der Waals surface area contributed by atoms with E-state index in [4.69, 9.17) is 4.74 Å². The highest BCUT2D eigenvalue weighted by Gasteiger charge is 2.77. The number of carbonyl (C=O) groups is 3. The summed E-state index contributed by atoms with van der Waals surface area (Å²) >= 11 is 0. The Bertz CT molecular complexity index is 912. The third-order valence-electron chi connectivity index (χ3n) is 8.95. The fourth-order valence-electron chi connectivity index (χ4n) is 7.30. The Labute approximate surface area is 180 Å². The van der Waals surface area contributed by atoms with Crippen LogP contribution in [0.2, 0.25) is 0 Å². The number of Topliss-reactive ketones (excluding diaryl/α,β-unsaturated/α-hetero) is 1. The number of halogens is 1. The van der Waals surface area contributed by atoms with Gasteiger partial charge in [0.25, 0.3) is 0 Å². The molecule has 4 aliphatic carbocycles. The van der Waals surface area contributed by atoms with Gasteiger partial charge in [-0.25, -0.2) is 4.39 Å². The highest BCUT2D eigenvalue weighted by Crippen LogP contribution is 2.70. The molecule has 8 heteroatoms. The van der Waals surface area contributed by atoms with Crippen LogP contribution in [0, 0.1) is 28.6 Å². The predicted octanol–water partition coefficient (Wildman–Crippen LogP) is 1.05. The van der Waals surface area contributed by atoms with Crippen molar-refractivity contribution >= 4 is 17.5 Å². The van der Waals surface area contributed by atoms with Crippen molar-refractivity contribution in [1.29, 1.82) is 0 Å². The lowest BCUT2D eigenvalue weighted by Gasteiger charge is -2.62. The first-order valence-corrected chi connectivity index (χ1v) is 10.7. The molecule has 0 spiro atoms. The maximum absolute atomic E-state index is 17.0. The van der Waals surface area contributed by atoms with Crippen LogP contribution < -0.4 is 0 Å². The van der Waals surface area contributed by atoms with Crippen molar-refractivity contribution in [2.75, 3.05) is 13.7 Å². The SMILES string of the molecule is COC(=O)[C@@H]1C[C@H]2[C@@H]3CCC4=CC(=O)C=C[C@]4(C)[C@@]3(F)[C@@H](O)C[C@]2(C)[C@@]1(O)C(=O)CO. The van der Waals surface area contributed by atoms with Gasteiger partial charge in [0.15, 0.2) is 17.2 Å². The number of hydrogen-bond acceptors (Lipinski definition) is 7. The molecule has 0 aromatic heterocycles. The van der Waals surface area contributed by atoms with Crippen molar-refractivity contribution in [1.82, 2.24) is 0 Å². The lowest BCUT2D eigenvalue weighted by atomic mass is 9.44. The van der Waals surface area contributed by atoms with Gasteiger partial charge < -0.3 is 20.1 Å². The normalized spacial score (nSPS) is 48.4. The summed E-state index contributed by atoms with van der Waals surface area (Å²) in [7, 11) is 1.15. The third-order valence-corrected chi connectivity index (χ3v) is 8.95. The van der Waals surface area contributed by atoms with E-state index in [2.05, 4.69) is 0 Å². The van der Waals surface area contributed by atoms with Gasteiger partial charge in [-0.15, -0.1) is 0 Å². The molecule has 0 radical (unpaired) electrons. The molecule has 0 heterocycles. The molecule has 0 saturated heterocycles. The summed E-state index contributed by atoms with van der Waals surface area (Å²) in [5.74, 6) is -4.61. The maximum Gasteiger partial charge on any atom is 0.312 e. The number of ether oxygens (including phenoxy) is 1. The van der Waals surface area contributed by atoms with E-state index in [0.29, 0.717) is 18.4 Å². The van der Waals surface area contributed by atoms with Gasteiger partial charge in [0.05, 0.1) is 19.1 Å². The number of ketones is 2. The molecule has 0 amide bonds. The largest absolute Gasteiger partial charge is 0.469 e. The second-order valence-corrected chi connectivity index (χ2v) is 9.92. The summed E-state index contributed by atoms with van der Waals surface area (Å²) < 4.78 is 21.9. The quantitative estimate of drug-likeness (QED) is 0.566. The molecule has 0 aliphatic heterocycles. The molecule has 3 fully saturated rings. The van der Waals surface area contributed by atoms with Crippen LogP contribution >= 0.6 is 0 Å². The molecular formula is C23H29FO7. The second kappa shape index (κ2) is 6.80. The molecule has 0 aromatic rings. The van der Waals surface area contributed by atoms with E-state index in [1.54, 1.807) is 13.8 Å². The molecule has 0 unspecified atom stereocenters. The second-order valence-electron chi connectivity index (χ2n) is 9.92. The number of carbonyl (C=O) groups excluding carboxylic acids is 3. The fraction of sp³-hybridized carbons (Fsp3) is 0.696. The first-order chi connectivity index (χ1) is 14.4. The molecule has 8 atom stereocenters. The van der Waals surface area contributed by atoms with Crippen molar-refractivity contribution < 1.29 is 38.8 Å². The number of aliphatic hydroxyl groups is 3. The van der Waals surface area contributed by atoms with Gasteiger partial charge in [-0.1, -0.05) is 18.6 Å². The van der Waals surface area contributed by atoms with Gasteiger partial charge in [-0.3, -0.25) is 14.4 Å². The summed E-state index contributed by atoms with van der Waals surface area (Å²) in [6, 6.07) is 0. The van der Waals surface area contributed by atoms with Crippen LogP contribution in [0.4, 0.5) is 4.39 Å². The Balaban J connectivity index is 1.86. The summed E-state index contributed by atoms with van der Waals surface area (Å²) in [6.45, 7) is 2.27. The van der Waals surface area contributed by atoms with Crippen molar-refractivity contribution in [2.24, 2.45) is 28.6 Å². The summed E-state index contributed by atoms with van der Waals surface area (Å²) in [5.41, 5.74) is -6.36. The van der Waals surface area contributed by atoms with Gasteiger partial charge in [0.2, 0.25) is 0 Å². The van der Waals surface area contributed by atoms with Crippen LogP contribution in [-0.4, -0.2) is 63.9 Å². The molecule has 0 bridgehead atoms. The van der Waals surface area contributed by atoms with Crippen molar-refractivity contribution in [3.05, 3.63) is 23.8 Å². The number of fused-ring (bicyclic) bond motifs is 5. The average Bonchev–Trinajstić information content (AvgIpc) is 2.97. The minimum atomic E-state index is -2.28. The van der Waals surface area contributed by atoms with E-state index < -0.39 is 64.3 Å². The van der Waals surface area contributed by atoms with Crippen LogP contribution in [0.3, 0.4) is 0 Å². The third kappa shape index (κ3) is 2.47. The van der Waals surface area contributed by atoms with Crippen LogP contribution in [-0.2, 0) is 19.1 Å². The van der Waals surface area contributed by atoms with E-state index in [9.17, 15) is 29.7 Å². The molecule has 3 N–H and O–H groups in total. The zero-order chi connectivity index (χ0) is 23.0. The molecular weight excluding hydrogens is 407 g/mol. The number of methoxy groups -OCH3 is 1. The van der Waals surface area contributed by atoms with Crippen molar-refractivity contribution in [2.45, 2.75) is 56.9 Å². The van der Waals surface area contributed by atoms with Gasteiger partial charge in [0.1, 0.15) is 12.2 Å². The number of allylic oxidation sites excluding steroid dienone is 4. The number of hydrogen-bond donors (Lipinski definition) is 3. The molecule has 4 aliphatic rings. The van der Waals surface area contributed by atoms with E-state index in [1.807, 2.05) is 0 Å². The topological polar surface area (TPSA) is 121 Å². The van der Waals surface area contributed by atoms with Crippen molar-refractivity contribution in [3.8, 4) is 0 Å². The zero-order valence-electron chi connectivity index (χ0n) is 17.9. The van der Waals surface area contributed by atoms with Crippen LogP contribution in [0.5, 0.6) is 0 Å². The Hall–Kier alpha value is -1.90. The first kappa shape index (κ1) is 22.3. The fourth-order valence-corrected chi connectivity index (χ4v) is 7.30. The van der Waals surface area contributed by atoms with E-state index in [-0.39, 0.29) is 18.6 Å². The Morgan fingerprint density at radius 1 is 1.29 bits per heavy atom. The molecule has 0 aromatic carbocycles. The monoisotopic (exact) mass is 436 g/mol. The Morgan fingerprint density at radius 3 is 2.58 bits per heavy atom. The van der Waals surface area contributed by atoms with Gasteiger partial charge >= 0.3 is 5.97 Å². The molecule has 170 valence electrons. The minimum absolute atomic E-state index is 0.00619. The Morgan fingerprint density at radius 2 is 1.97 bits per heavy atom. The molecule has 7 nitrogen and oxygen atoms in total. The summed E-state index contributed by atoms with van der Waals surface area (Å²) in [5, 5.41) is 32.3. The molecule has 3 saturated carbocycles. The molecule has 31 heavy (non-hydrogen) atoms. The molecule has 4 rings (SSSR count). The summed E-state index contributed by atoms with van der Waals surface area (Å²) in [6.07, 6.45) is 3.16. The highest BCUT2D eigenvalue weighted by molar-refractivity contribution is 6.01. The maximum atomic E-state index is 17.0. The van der Waals surface area contributed by atoms with E-state index >= 15 is 4.39 Å². The highest BCUT2D eigenvalue weighted by atomic mass is 19.1.